The Bertz CT molecular complexity index is 439. The number of benzene rings is 1. The first kappa shape index (κ1) is 11.9. The van der Waals surface area contributed by atoms with E-state index in [0.29, 0.717) is 0 Å². The lowest BCUT2D eigenvalue weighted by molar-refractivity contribution is 0.439. The summed E-state index contributed by atoms with van der Waals surface area (Å²) in [5.41, 5.74) is 3.98. The van der Waals surface area contributed by atoms with Crippen LogP contribution in [0.4, 0.5) is 11.4 Å². The highest BCUT2D eigenvalue weighted by molar-refractivity contribution is 5.60. The number of hydrogen-bond donors (Lipinski definition) is 1. The molecule has 2 aliphatic carbocycles. The molecule has 2 nitrogen and oxygen atoms in total. The van der Waals surface area contributed by atoms with Gasteiger partial charge in [0, 0.05) is 31.5 Å². The van der Waals surface area contributed by atoms with Crippen LogP contribution in [0, 0.1) is 18.8 Å². The molecule has 0 heterocycles. The summed E-state index contributed by atoms with van der Waals surface area (Å²) in [4.78, 5) is 2.16. The van der Waals surface area contributed by atoms with Gasteiger partial charge >= 0.3 is 0 Å². The smallest absolute Gasteiger partial charge is 0.0373 e. The van der Waals surface area contributed by atoms with Gasteiger partial charge < -0.3 is 10.2 Å². The van der Waals surface area contributed by atoms with Gasteiger partial charge in [0.25, 0.3) is 0 Å². The first-order chi connectivity index (χ1) is 8.63. The molecule has 0 saturated heterocycles. The zero-order valence-electron chi connectivity index (χ0n) is 11.7. The molecule has 2 heteroatoms. The molecule has 0 spiro atoms. The molecule has 2 aliphatic rings. The standard InChI is InChI=1S/C16H24N2/c1-11-8-14(18(2)3)6-7-15(11)17-16-10-12-4-5-13(16)9-12/h6-8,12-13,16-17H,4-5,9-10H2,1-3H3. The third kappa shape index (κ3) is 2.09. The maximum absolute atomic E-state index is 3.79. The second-order valence-electron chi connectivity index (χ2n) is 6.32. The van der Waals surface area contributed by atoms with Crippen molar-refractivity contribution in [2.24, 2.45) is 11.8 Å². The van der Waals surface area contributed by atoms with E-state index in [1.165, 1.54) is 42.6 Å². The molecule has 3 rings (SSSR count). The molecular formula is C16H24N2. The molecule has 2 saturated carbocycles. The third-order valence-electron chi connectivity index (χ3n) is 4.81. The lowest BCUT2D eigenvalue weighted by Crippen LogP contribution is -2.26. The molecule has 1 aromatic carbocycles. The van der Waals surface area contributed by atoms with Gasteiger partial charge in [-0.2, -0.15) is 0 Å². The lowest BCUT2D eigenvalue weighted by Gasteiger charge is -2.25. The second-order valence-corrected chi connectivity index (χ2v) is 6.32. The van der Waals surface area contributed by atoms with Crippen molar-refractivity contribution < 1.29 is 0 Å². The van der Waals surface area contributed by atoms with Gasteiger partial charge in [0.2, 0.25) is 0 Å². The van der Waals surface area contributed by atoms with Crippen LogP contribution < -0.4 is 10.2 Å². The zero-order valence-corrected chi connectivity index (χ0v) is 11.7. The van der Waals surface area contributed by atoms with Gasteiger partial charge in [-0.3, -0.25) is 0 Å². The molecule has 3 atom stereocenters. The van der Waals surface area contributed by atoms with E-state index in [9.17, 15) is 0 Å². The maximum atomic E-state index is 3.79. The highest BCUT2D eigenvalue weighted by Crippen LogP contribution is 2.45. The Morgan fingerprint density at radius 3 is 2.56 bits per heavy atom. The highest BCUT2D eigenvalue weighted by Gasteiger charge is 2.39. The molecule has 1 aromatic rings. The third-order valence-corrected chi connectivity index (χ3v) is 4.81. The van der Waals surface area contributed by atoms with E-state index in [1.807, 2.05) is 0 Å². The van der Waals surface area contributed by atoms with E-state index >= 15 is 0 Å². The van der Waals surface area contributed by atoms with Crippen LogP contribution in [0.1, 0.15) is 31.2 Å². The minimum absolute atomic E-state index is 0.729. The van der Waals surface area contributed by atoms with Crippen LogP contribution in [0.5, 0.6) is 0 Å². The molecule has 2 fully saturated rings. The Balaban J connectivity index is 1.73. The van der Waals surface area contributed by atoms with Crippen molar-refractivity contribution in [1.29, 1.82) is 0 Å². The Morgan fingerprint density at radius 1 is 1.17 bits per heavy atom. The van der Waals surface area contributed by atoms with Gasteiger partial charge in [0.1, 0.15) is 0 Å². The highest BCUT2D eigenvalue weighted by atomic mass is 15.1. The van der Waals surface area contributed by atoms with E-state index in [1.54, 1.807) is 0 Å². The van der Waals surface area contributed by atoms with Crippen LogP contribution in [0.3, 0.4) is 0 Å². The van der Waals surface area contributed by atoms with Crippen molar-refractivity contribution in [3.05, 3.63) is 23.8 Å². The second kappa shape index (κ2) is 4.49. The van der Waals surface area contributed by atoms with Crippen LogP contribution >= 0.6 is 0 Å². The number of aryl methyl sites for hydroxylation is 1. The monoisotopic (exact) mass is 244 g/mol. The summed E-state index contributed by atoms with van der Waals surface area (Å²) in [6.07, 6.45) is 5.77. The molecule has 18 heavy (non-hydrogen) atoms. The van der Waals surface area contributed by atoms with E-state index in [-0.39, 0.29) is 0 Å². The summed E-state index contributed by atoms with van der Waals surface area (Å²) in [7, 11) is 4.19. The van der Waals surface area contributed by atoms with Crippen LogP contribution in [-0.2, 0) is 0 Å². The van der Waals surface area contributed by atoms with Crippen molar-refractivity contribution in [2.75, 3.05) is 24.3 Å². The fourth-order valence-electron chi connectivity index (χ4n) is 3.71. The summed E-state index contributed by atoms with van der Waals surface area (Å²) in [6, 6.07) is 7.46. The minimum Gasteiger partial charge on any atom is -0.382 e. The summed E-state index contributed by atoms with van der Waals surface area (Å²) < 4.78 is 0. The summed E-state index contributed by atoms with van der Waals surface area (Å²) in [5, 5.41) is 3.79. The first-order valence-corrected chi connectivity index (χ1v) is 7.18. The van der Waals surface area contributed by atoms with Crippen molar-refractivity contribution in [2.45, 2.75) is 38.6 Å². The molecule has 0 amide bonds. The van der Waals surface area contributed by atoms with Gasteiger partial charge in [0.05, 0.1) is 0 Å². The van der Waals surface area contributed by atoms with Gasteiger partial charge in [-0.15, -0.1) is 0 Å². The summed E-state index contributed by atoms with van der Waals surface area (Å²) in [5.74, 6) is 1.94. The number of nitrogens with zero attached hydrogens (tertiary/aromatic N) is 1. The van der Waals surface area contributed by atoms with Crippen LogP contribution in [0.2, 0.25) is 0 Å². The normalized spacial score (nSPS) is 29.6. The minimum atomic E-state index is 0.729. The molecule has 0 radical (unpaired) electrons. The number of fused-ring (bicyclic) bond motifs is 2. The lowest BCUT2D eigenvalue weighted by atomic mass is 9.95. The van der Waals surface area contributed by atoms with Crippen molar-refractivity contribution in [1.82, 2.24) is 0 Å². The molecule has 0 aliphatic heterocycles. The quantitative estimate of drug-likeness (QED) is 0.873. The number of nitrogens with one attached hydrogen (secondary N) is 1. The Labute approximate surface area is 110 Å². The van der Waals surface area contributed by atoms with Crippen LogP contribution in [0.25, 0.3) is 0 Å². The topological polar surface area (TPSA) is 15.3 Å². The zero-order chi connectivity index (χ0) is 12.7. The van der Waals surface area contributed by atoms with Crippen LogP contribution in [-0.4, -0.2) is 20.1 Å². The van der Waals surface area contributed by atoms with E-state index in [2.05, 4.69) is 49.4 Å². The largest absolute Gasteiger partial charge is 0.382 e. The van der Waals surface area contributed by atoms with Gasteiger partial charge in [-0.25, -0.2) is 0 Å². The van der Waals surface area contributed by atoms with Gasteiger partial charge in [-0.1, -0.05) is 6.42 Å². The first-order valence-electron chi connectivity index (χ1n) is 7.18. The van der Waals surface area contributed by atoms with Gasteiger partial charge in [-0.05, 0) is 61.8 Å². The fourth-order valence-corrected chi connectivity index (χ4v) is 3.71. The predicted molar refractivity (Wildman–Crippen MR) is 78.4 cm³/mol. The molecule has 2 bridgehead atoms. The van der Waals surface area contributed by atoms with Crippen molar-refractivity contribution in [3.63, 3.8) is 0 Å². The van der Waals surface area contributed by atoms with Gasteiger partial charge in [0.15, 0.2) is 0 Å². The Kier molecular flexibility index (Phi) is 2.96. The molecule has 0 aromatic heterocycles. The molecular weight excluding hydrogens is 220 g/mol. The molecule has 1 N–H and O–H groups in total. The van der Waals surface area contributed by atoms with E-state index < -0.39 is 0 Å². The number of hydrogen-bond acceptors (Lipinski definition) is 2. The average molecular weight is 244 g/mol. The SMILES string of the molecule is Cc1cc(N(C)C)ccc1NC1CC2CCC1C2. The number of rotatable bonds is 3. The average Bonchev–Trinajstić information content (AvgIpc) is 2.93. The maximum Gasteiger partial charge on any atom is 0.0373 e. The number of anilines is 2. The predicted octanol–water partition coefficient (Wildman–Crippen LogP) is 3.66. The van der Waals surface area contributed by atoms with E-state index in [0.717, 1.165) is 17.9 Å². The van der Waals surface area contributed by atoms with E-state index in [4.69, 9.17) is 0 Å². The van der Waals surface area contributed by atoms with Crippen LogP contribution in [0.15, 0.2) is 18.2 Å². The summed E-state index contributed by atoms with van der Waals surface area (Å²) in [6.45, 7) is 2.21. The Hall–Kier alpha value is -1.18. The molecule has 3 unspecified atom stereocenters. The summed E-state index contributed by atoms with van der Waals surface area (Å²) >= 11 is 0. The van der Waals surface area contributed by atoms with Crippen molar-refractivity contribution >= 4 is 11.4 Å². The van der Waals surface area contributed by atoms with Crippen molar-refractivity contribution in [3.8, 4) is 0 Å². The molecule has 98 valence electrons. The fraction of sp³-hybridized carbons (Fsp3) is 0.625. The Morgan fingerprint density at radius 2 is 2.00 bits per heavy atom.